The summed E-state index contributed by atoms with van der Waals surface area (Å²) in [7, 11) is 0. The Balaban J connectivity index is 0. The van der Waals surface area contributed by atoms with Crippen molar-refractivity contribution in [2.45, 2.75) is 76.3 Å². The van der Waals surface area contributed by atoms with Crippen molar-refractivity contribution in [3.8, 4) is 0 Å². The fourth-order valence-electron chi connectivity index (χ4n) is 1.80. The van der Waals surface area contributed by atoms with Crippen LogP contribution in [0.2, 0.25) is 0 Å². The Labute approximate surface area is 172 Å². The summed E-state index contributed by atoms with van der Waals surface area (Å²) in [5, 5.41) is 0. The molecule has 0 fully saturated rings. The van der Waals surface area contributed by atoms with Gasteiger partial charge in [0.25, 0.3) is 0 Å². The Hall–Kier alpha value is -0.0213. The quantitative estimate of drug-likeness (QED) is 0.246. The molecule has 0 aromatic carbocycles. The van der Waals surface area contributed by atoms with Gasteiger partial charge in [-0.05, 0) is 12.8 Å². The van der Waals surface area contributed by atoms with E-state index in [-0.39, 0.29) is 36.7 Å². The van der Waals surface area contributed by atoms with Crippen LogP contribution in [0.3, 0.4) is 0 Å². The van der Waals surface area contributed by atoms with Gasteiger partial charge in [0.2, 0.25) is 0 Å². The van der Waals surface area contributed by atoms with Crippen LogP contribution in [0.1, 0.15) is 39.5 Å². The maximum Gasteiger partial charge on any atom is 0.391 e. The number of hydrogen-bond acceptors (Lipinski definition) is 3. The van der Waals surface area contributed by atoms with Gasteiger partial charge in [0.15, 0.2) is 12.2 Å². The zero-order valence-corrected chi connectivity index (χ0v) is 17.8. The van der Waals surface area contributed by atoms with E-state index in [1.807, 2.05) is 0 Å². The molecule has 4 radical (unpaired) electrons. The normalized spacial score (nSPS) is 15.9. The fourth-order valence-corrected chi connectivity index (χ4v) is 1.80. The fraction of sp³-hybridized carbons (Fsp3) is 1.00. The largest absolute Gasteiger partial charge is 0.391 e. The topological polar surface area (TPSA) is 27.7 Å². The van der Waals surface area contributed by atoms with Gasteiger partial charge >= 0.3 is 24.6 Å². The molecule has 0 heterocycles. The Morgan fingerprint density at radius 3 is 1.11 bits per heavy atom. The Morgan fingerprint density at radius 2 is 0.893 bits per heavy atom. The van der Waals surface area contributed by atoms with E-state index in [1.54, 1.807) is 0 Å². The predicted octanol–water partition coefficient (Wildman–Crippen LogP) is 5.30. The molecule has 3 nitrogen and oxygen atoms in total. The molecule has 0 rings (SSSR count). The van der Waals surface area contributed by atoms with Crippen LogP contribution < -0.4 is 0 Å². The summed E-state index contributed by atoms with van der Waals surface area (Å²) >= 11 is 0. The average molecular weight is 545 g/mol. The van der Waals surface area contributed by atoms with Crippen molar-refractivity contribution in [3.63, 3.8) is 0 Å². The second-order valence-corrected chi connectivity index (χ2v) is 5.58. The molecule has 0 spiro atoms. The van der Waals surface area contributed by atoms with E-state index in [9.17, 15) is 43.9 Å². The predicted molar refractivity (Wildman–Crippen MR) is 78.1 cm³/mol. The van der Waals surface area contributed by atoms with E-state index in [0.29, 0.717) is 0 Å². The van der Waals surface area contributed by atoms with Gasteiger partial charge in [-0.1, -0.05) is 13.8 Å². The molecule has 0 aromatic rings. The second kappa shape index (κ2) is 12.0. The molecule has 14 heteroatoms. The van der Waals surface area contributed by atoms with Gasteiger partial charge < -0.3 is 9.47 Å². The van der Waals surface area contributed by atoms with Gasteiger partial charge in [-0.2, -0.15) is 43.9 Å². The van der Waals surface area contributed by atoms with Crippen LogP contribution in [-0.4, -0.2) is 73.9 Å². The number of hydrogen-bond donors (Lipinski definition) is 0. The standard InChI is InChI=1S/C14H20F10O3.Sn/c1-3-5-25-9(7-11(15,16)17)13(21,22)27-14(23,24)10(26-6-4-2)8-12(18,19)20;/h9-10H,3-8H2,1-2H3;. The van der Waals surface area contributed by atoms with E-state index in [1.165, 1.54) is 13.8 Å². The minimum absolute atomic E-state index is 0. The first-order valence-corrected chi connectivity index (χ1v) is 7.86. The maximum atomic E-state index is 13.9. The molecule has 28 heavy (non-hydrogen) atoms. The summed E-state index contributed by atoms with van der Waals surface area (Å²) in [5.74, 6) is 0. The van der Waals surface area contributed by atoms with Crippen molar-refractivity contribution >= 4 is 23.9 Å². The van der Waals surface area contributed by atoms with Gasteiger partial charge in [-0.25, -0.2) is 0 Å². The first-order valence-electron chi connectivity index (χ1n) is 7.86. The van der Waals surface area contributed by atoms with Crippen LogP contribution in [0.15, 0.2) is 0 Å². The first kappa shape index (κ1) is 30.2. The molecule has 0 aliphatic heterocycles. The van der Waals surface area contributed by atoms with E-state index >= 15 is 0 Å². The Morgan fingerprint density at radius 1 is 0.607 bits per heavy atom. The zero-order valence-electron chi connectivity index (χ0n) is 14.9. The molecule has 0 saturated heterocycles. The molecule has 0 aromatic heterocycles. The summed E-state index contributed by atoms with van der Waals surface area (Å²) in [6.45, 7) is 1.44. The summed E-state index contributed by atoms with van der Waals surface area (Å²) < 4.78 is 142. The third-order valence-electron chi connectivity index (χ3n) is 2.90. The van der Waals surface area contributed by atoms with E-state index < -0.39 is 62.8 Å². The number of rotatable bonds is 12. The van der Waals surface area contributed by atoms with Gasteiger partial charge in [0, 0.05) is 37.1 Å². The smallest absolute Gasteiger partial charge is 0.369 e. The Kier molecular flexibility index (Phi) is 12.9. The van der Waals surface area contributed by atoms with Gasteiger partial charge in [0.05, 0.1) is 12.8 Å². The zero-order chi connectivity index (χ0) is 21.5. The molecular formula is C14H20F10O3Sn. The average Bonchev–Trinajstić information content (AvgIpc) is 2.44. The number of halogens is 10. The molecule has 0 bridgehead atoms. The molecule has 0 aliphatic carbocycles. The first-order chi connectivity index (χ1) is 12.0. The van der Waals surface area contributed by atoms with Crippen molar-refractivity contribution in [3.05, 3.63) is 0 Å². The minimum Gasteiger partial charge on any atom is -0.369 e. The molecule has 2 atom stereocenters. The third kappa shape index (κ3) is 12.5. The summed E-state index contributed by atoms with van der Waals surface area (Å²) in [6.07, 6.45) is -31.9. The molecular weight excluding hydrogens is 525 g/mol. The number of ether oxygens (including phenoxy) is 3. The molecule has 0 saturated carbocycles. The van der Waals surface area contributed by atoms with E-state index in [4.69, 9.17) is 0 Å². The van der Waals surface area contributed by atoms with Crippen LogP contribution in [0.5, 0.6) is 0 Å². The molecule has 0 amide bonds. The van der Waals surface area contributed by atoms with Crippen molar-refractivity contribution in [1.29, 1.82) is 0 Å². The Bertz CT molecular complexity index is 391. The van der Waals surface area contributed by atoms with Gasteiger partial charge in [-0.15, -0.1) is 0 Å². The van der Waals surface area contributed by atoms with Crippen LogP contribution in [-0.2, 0) is 14.2 Å². The monoisotopic (exact) mass is 546 g/mol. The van der Waals surface area contributed by atoms with Crippen LogP contribution in [0.4, 0.5) is 43.9 Å². The molecule has 168 valence electrons. The van der Waals surface area contributed by atoms with Crippen LogP contribution >= 0.6 is 0 Å². The van der Waals surface area contributed by atoms with E-state index in [0.717, 1.165) is 0 Å². The molecule has 2 unspecified atom stereocenters. The van der Waals surface area contributed by atoms with Gasteiger partial charge in [0.1, 0.15) is 0 Å². The van der Waals surface area contributed by atoms with E-state index in [2.05, 4.69) is 14.2 Å². The summed E-state index contributed by atoms with van der Waals surface area (Å²) in [4.78, 5) is 0. The molecule has 0 aliphatic rings. The molecule has 0 N–H and O–H groups in total. The SMILES string of the molecule is CCCOC(CC(F)(F)F)C(F)(F)OC(F)(F)C(CC(F)(F)F)OCCC.[Sn]. The van der Waals surface area contributed by atoms with Crippen molar-refractivity contribution in [2.24, 2.45) is 0 Å². The van der Waals surface area contributed by atoms with Gasteiger partial charge in [-0.3, -0.25) is 4.74 Å². The summed E-state index contributed by atoms with van der Waals surface area (Å²) in [6, 6.07) is 0. The number of alkyl halides is 10. The minimum atomic E-state index is -5.23. The third-order valence-corrected chi connectivity index (χ3v) is 2.90. The van der Waals surface area contributed by atoms with Crippen LogP contribution in [0, 0.1) is 0 Å². The van der Waals surface area contributed by atoms with Crippen molar-refractivity contribution in [2.75, 3.05) is 13.2 Å². The van der Waals surface area contributed by atoms with Crippen molar-refractivity contribution < 1.29 is 58.1 Å². The maximum absolute atomic E-state index is 13.9. The van der Waals surface area contributed by atoms with Crippen molar-refractivity contribution in [1.82, 2.24) is 0 Å². The second-order valence-electron chi connectivity index (χ2n) is 5.58. The van der Waals surface area contributed by atoms with Crippen LogP contribution in [0.25, 0.3) is 0 Å². The summed E-state index contributed by atoms with van der Waals surface area (Å²) in [5.41, 5.74) is 0.